The number of methoxy groups -OCH3 is 1. The van der Waals surface area contributed by atoms with Gasteiger partial charge >= 0.3 is 6.18 Å². The molecule has 0 saturated heterocycles. The average molecular weight is 297 g/mol. The molecule has 0 amide bonds. The van der Waals surface area contributed by atoms with Gasteiger partial charge in [0.2, 0.25) is 5.88 Å². The molecule has 21 heavy (non-hydrogen) atoms. The highest BCUT2D eigenvalue weighted by Gasteiger charge is 2.35. The summed E-state index contributed by atoms with van der Waals surface area (Å²) in [5.74, 6) is -0.0844. The molecule has 0 unspecified atom stereocenters. The van der Waals surface area contributed by atoms with Gasteiger partial charge in [-0.3, -0.25) is 0 Å². The van der Waals surface area contributed by atoms with Gasteiger partial charge in [-0.05, 0) is 18.5 Å². The van der Waals surface area contributed by atoms with Crippen LogP contribution in [0.5, 0.6) is 5.88 Å². The first-order valence-corrected chi connectivity index (χ1v) is 6.29. The second-order valence-corrected chi connectivity index (χ2v) is 4.54. The van der Waals surface area contributed by atoms with Crippen LogP contribution in [0, 0.1) is 0 Å². The summed E-state index contributed by atoms with van der Waals surface area (Å²) >= 11 is 0. The average Bonchev–Trinajstić information content (AvgIpc) is 2.46. The third-order valence-corrected chi connectivity index (χ3v) is 3.19. The molecule has 0 atom stereocenters. The number of carbonyl (C=O) groups is 1. The van der Waals surface area contributed by atoms with Gasteiger partial charge in [-0.1, -0.05) is 6.08 Å². The maximum absolute atomic E-state index is 13.2. The lowest BCUT2D eigenvalue weighted by Gasteiger charge is -2.26. The maximum Gasteiger partial charge on any atom is 0.417 e. The molecule has 1 aromatic heterocycles. The molecule has 2 rings (SSSR count). The summed E-state index contributed by atoms with van der Waals surface area (Å²) in [6, 6.07) is 0.887. The fourth-order valence-corrected chi connectivity index (χ4v) is 2.21. The zero-order valence-electron chi connectivity index (χ0n) is 11.4. The van der Waals surface area contributed by atoms with Crippen LogP contribution in [0.4, 0.5) is 13.2 Å². The first kappa shape index (κ1) is 15.6. The Labute approximate surface area is 120 Å². The Balaban J connectivity index is 2.39. The fraction of sp³-hybridized carbons (Fsp3) is 0.385. The molecular weight excluding hydrogens is 284 g/mol. The minimum atomic E-state index is -4.50. The maximum atomic E-state index is 13.2. The van der Waals surface area contributed by atoms with Crippen molar-refractivity contribution in [2.24, 2.45) is 0 Å². The van der Waals surface area contributed by atoms with Crippen molar-refractivity contribution in [1.82, 2.24) is 9.79 Å². The van der Waals surface area contributed by atoms with Crippen LogP contribution in [0.3, 0.4) is 0 Å². The largest absolute Gasteiger partial charge is 0.481 e. The molecule has 0 aliphatic carbocycles. The molecule has 111 valence electrons. The molecule has 1 aliphatic rings. The van der Waals surface area contributed by atoms with Crippen LogP contribution in [0.25, 0.3) is 5.57 Å². The van der Waals surface area contributed by atoms with Crippen molar-refractivity contribution < 1.29 is 22.7 Å². The third-order valence-electron chi connectivity index (χ3n) is 3.19. The summed E-state index contributed by atoms with van der Waals surface area (Å²) in [7, 11) is 2.60. The number of alkyl halides is 3. The van der Waals surface area contributed by atoms with E-state index >= 15 is 0 Å². The molecule has 1 radical (unpaired) electrons. The van der Waals surface area contributed by atoms with Crippen molar-refractivity contribution in [2.45, 2.75) is 12.6 Å². The minimum Gasteiger partial charge on any atom is -0.481 e. The predicted octanol–water partition coefficient (Wildman–Crippen LogP) is 2.01. The third kappa shape index (κ3) is 3.63. The van der Waals surface area contributed by atoms with Gasteiger partial charge in [0.05, 0.1) is 18.9 Å². The Bertz CT molecular complexity index is 561. The first-order chi connectivity index (χ1) is 9.95. The molecule has 1 aromatic rings. The SMILES string of the molecule is COc1cc(C(F)(F)F)c(C2=CCCN([B]C=O)C2)cn1. The molecule has 0 aromatic carbocycles. The van der Waals surface area contributed by atoms with Crippen molar-refractivity contribution >= 4 is 19.2 Å². The molecular formula is C13H13BF3N2O2. The second-order valence-electron chi connectivity index (χ2n) is 4.54. The number of hydrogen-bond donors (Lipinski definition) is 0. The van der Waals surface area contributed by atoms with Crippen LogP contribution in [0.2, 0.25) is 0 Å². The lowest BCUT2D eigenvalue weighted by Crippen LogP contribution is -2.34. The van der Waals surface area contributed by atoms with E-state index in [0.29, 0.717) is 24.7 Å². The topological polar surface area (TPSA) is 42.4 Å². The summed E-state index contributed by atoms with van der Waals surface area (Å²) in [5, 5.41) is 0. The molecule has 0 N–H and O–H groups in total. The van der Waals surface area contributed by atoms with Crippen LogP contribution in [-0.4, -0.2) is 43.6 Å². The smallest absolute Gasteiger partial charge is 0.417 e. The Kier molecular flexibility index (Phi) is 4.67. The van der Waals surface area contributed by atoms with Crippen LogP contribution >= 0.6 is 0 Å². The van der Waals surface area contributed by atoms with Crippen LogP contribution in [0.15, 0.2) is 18.3 Å². The van der Waals surface area contributed by atoms with Crippen LogP contribution in [0.1, 0.15) is 17.5 Å². The highest BCUT2D eigenvalue weighted by Crippen LogP contribution is 2.37. The van der Waals surface area contributed by atoms with Gasteiger partial charge in [0.1, 0.15) is 0 Å². The molecule has 0 fully saturated rings. The molecule has 2 heterocycles. The van der Waals surface area contributed by atoms with Gasteiger partial charge in [0.25, 0.3) is 7.41 Å². The Hall–Kier alpha value is -1.83. The monoisotopic (exact) mass is 297 g/mol. The zero-order valence-corrected chi connectivity index (χ0v) is 11.4. The summed E-state index contributed by atoms with van der Waals surface area (Å²) in [5.41, 5.74) is -0.261. The van der Waals surface area contributed by atoms with Crippen molar-refractivity contribution in [3.05, 3.63) is 29.5 Å². The van der Waals surface area contributed by atoms with E-state index in [1.54, 1.807) is 10.9 Å². The van der Waals surface area contributed by atoms with Gasteiger partial charge in [-0.2, -0.15) is 13.2 Å². The number of rotatable bonds is 4. The summed E-state index contributed by atoms with van der Waals surface area (Å²) < 4.78 is 44.3. The number of aromatic nitrogens is 1. The van der Waals surface area contributed by atoms with E-state index in [-0.39, 0.29) is 18.0 Å². The Morgan fingerprint density at radius 3 is 2.86 bits per heavy atom. The van der Waals surface area contributed by atoms with Gasteiger partial charge < -0.3 is 14.3 Å². The van der Waals surface area contributed by atoms with E-state index in [1.807, 2.05) is 0 Å². The minimum absolute atomic E-state index is 0.0206. The standard InChI is InChI=1S/C13H13BF3N2O2/c1-21-12-5-11(13(15,16)17)10(6-18-12)9-3-2-4-19(7-9)14-8-20/h3,5-6,8H,2,4,7H2,1H3. The van der Waals surface area contributed by atoms with Crippen molar-refractivity contribution in [3.63, 3.8) is 0 Å². The highest BCUT2D eigenvalue weighted by molar-refractivity contribution is 6.64. The summed E-state index contributed by atoms with van der Waals surface area (Å²) in [4.78, 5) is 16.0. The normalized spacial score (nSPS) is 16.3. The zero-order chi connectivity index (χ0) is 15.5. The molecule has 0 saturated carbocycles. The van der Waals surface area contributed by atoms with E-state index in [4.69, 9.17) is 4.74 Å². The fourth-order valence-electron chi connectivity index (χ4n) is 2.21. The number of hydrogen-bond acceptors (Lipinski definition) is 4. The molecule has 0 bridgehead atoms. The first-order valence-electron chi connectivity index (χ1n) is 6.29. The van der Waals surface area contributed by atoms with Gasteiger partial charge in [0, 0.05) is 24.4 Å². The molecule has 4 nitrogen and oxygen atoms in total. The van der Waals surface area contributed by atoms with Gasteiger partial charge in [0.15, 0.2) is 0 Å². The lowest BCUT2D eigenvalue weighted by atomic mass is 9.88. The number of pyridine rings is 1. The van der Waals surface area contributed by atoms with E-state index in [9.17, 15) is 18.0 Å². The van der Waals surface area contributed by atoms with E-state index in [0.717, 1.165) is 12.3 Å². The highest BCUT2D eigenvalue weighted by atomic mass is 19.4. The van der Waals surface area contributed by atoms with Gasteiger partial charge in [-0.15, -0.1) is 0 Å². The van der Waals surface area contributed by atoms with Crippen molar-refractivity contribution in [2.75, 3.05) is 20.2 Å². The quantitative estimate of drug-likeness (QED) is 0.630. The summed E-state index contributed by atoms with van der Waals surface area (Å²) in [6.45, 7) is 0.850. The lowest BCUT2D eigenvalue weighted by molar-refractivity contribution is -0.138. The van der Waals surface area contributed by atoms with Crippen LogP contribution in [-0.2, 0) is 11.0 Å². The van der Waals surface area contributed by atoms with Crippen LogP contribution < -0.4 is 4.74 Å². The number of carbonyl (C=O) groups excluding carboxylic acids is 1. The number of ether oxygens (including phenoxy) is 1. The Morgan fingerprint density at radius 2 is 2.24 bits per heavy atom. The molecule has 0 spiro atoms. The van der Waals surface area contributed by atoms with Crippen molar-refractivity contribution in [3.8, 4) is 5.88 Å². The molecule has 1 aliphatic heterocycles. The summed E-state index contributed by atoms with van der Waals surface area (Å²) in [6.07, 6.45) is -0.391. The predicted molar refractivity (Wildman–Crippen MR) is 72.5 cm³/mol. The number of nitrogens with zero attached hydrogens (tertiary/aromatic N) is 2. The molecule has 8 heteroatoms. The van der Waals surface area contributed by atoms with E-state index in [1.165, 1.54) is 14.5 Å². The van der Waals surface area contributed by atoms with E-state index < -0.39 is 11.7 Å². The Morgan fingerprint density at radius 1 is 1.48 bits per heavy atom. The van der Waals surface area contributed by atoms with Crippen molar-refractivity contribution in [1.29, 1.82) is 0 Å². The van der Waals surface area contributed by atoms with Gasteiger partial charge in [-0.25, -0.2) is 4.98 Å². The van der Waals surface area contributed by atoms with E-state index in [2.05, 4.69) is 4.98 Å². The number of halogens is 3. The second kappa shape index (κ2) is 6.30.